The van der Waals surface area contributed by atoms with Crippen molar-refractivity contribution in [3.8, 4) is 46.3 Å². The van der Waals surface area contributed by atoms with E-state index < -0.39 is 48.3 Å². The summed E-state index contributed by atoms with van der Waals surface area (Å²) in [6.45, 7) is 5.46. The standard InChI is InChI=1S/C60H66N6O12/c1-34-52(70-4)41-31-44-51-50-42(53(71-5)35(2)55(73-7)57(50)78-60(69)63-25-21-37-16-12-9-13-17-37)30-43(65(51)3)45(32-61)66(44)46(49(41)56(54(34)72-6)77-59(68)62-24-20-36-14-10-8-11-15-36)33-64-58(67)48-29-38-28-40(18-19-47(38)76-48)75-39-22-26-74-27-23-39/h8-19,28-29,39,43-46,51H,20-27,30-31,33H2,1-7H3,(H,62,68)(H,63,69)(H,64,67)/t43-,44-,45-,46-,51-/m0/s1. The maximum Gasteiger partial charge on any atom is 0.412 e. The number of hydrogen-bond acceptors (Lipinski definition) is 15. The molecule has 4 aliphatic heterocycles. The largest absolute Gasteiger partial charge is 0.496 e. The Kier molecular flexibility index (Phi) is 16.0. The fourth-order valence-electron chi connectivity index (χ4n) is 12.2. The van der Waals surface area contributed by atoms with Crippen molar-refractivity contribution < 1.29 is 56.7 Å². The fraction of sp³-hybridized carbons (Fsp3) is 0.400. The average molecular weight is 1060 g/mol. The Bertz CT molecular complexity index is 3230. The Morgan fingerprint density at radius 3 is 1.79 bits per heavy atom. The summed E-state index contributed by atoms with van der Waals surface area (Å²) in [5.74, 6) is 2.18. The lowest BCUT2D eigenvalue weighted by molar-refractivity contribution is -0.0723. The van der Waals surface area contributed by atoms with Gasteiger partial charge in [-0.3, -0.25) is 14.6 Å². The van der Waals surface area contributed by atoms with Gasteiger partial charge in [-0.05, 0) is 82.0 Å². The molecule has 3 N–H and O–H groups in total. The average Bonchev–Trinajstić information content (AvgIpc) is 3.20. The molecule has 0 unspecified atom stereocenters. The molecule has 5 aromatic carbocycles. The first-order chi connectivity index (χ1) is 38.0. The minimum absolute atomic E-state index is 0.0186. The van der Waals surface area contributed by atoms with Crippen molar-refractivity contribution in [2.24, 2.45) is 0 Å². The number of likely N-dealkylation sites (N-methyl/N-ethyl adjacent to an activating group) is 1. The van der Waals surface area contributed by atoms with E-state index >= 15 is 0 Å². The van der Waals surface area contributed by atoms with Crippen LogP contribution < -0.4 is 49.1 Å². The lowest BCUT2D eigenvalue weighted by Gasteiger charge is -2.60. The van der Waals surface area contributed by atoms with E-state index in [2.05, 4.69) is 31.8 Å². The molecule has 18 heteroatoms. The van der Waals surface area contributed by atoms with Crippen molar-refractivity contribution in [1.82, 2.24) is 25.8 Å². The van der Waals surface area contributed by atoms with Crippen LogP contribution in [-0.2, 0) is 30.4 Å². The molecule has 18 nitrogen and oxygen atoms in total. The number of methoxy groups -OCH3 is 4. The molecule has 6 aromatic rings. The Labute approximate surface area is 453 Å². The Balaban J connectivity index is 1.07. The van der Waals surface area contributed by atoms with E-state index in [4.69, 9.17) is 42.3 Å². The first-order valence-corrected chi connectivity index (χ1v) is 26.5. The van der Waals surface area contributed by atoms with Crippen molar-refractivity contribution in [2.75, 3.05) is 68.3 Å². The number of hydrogen-bond donors (Lipinski definition) is 3. The monoisotopic (exact) mass is 1060 g/mol. The number of benzene rings is 5. The second-order valence-corrected chi connectivity index (χ2v) is 20.1. The minimum atomic E-state index is -0.869. The lowest BCUT2D eigenvalue weighted by atomic mass is 9.71. The Hall–Kier alpha value is -7.98. The summed E-state index contributed by atoms with van der Waals surface area (Å²) >= 11 is 0. The number of piperazine rings is 1. The molecule has 2 fully saturated rings. The van der Waals surface area contributed by atoms with Crippen LogP contribution in [0.1, 0.15) is 80.0 Å². The number of nitriles is 1. The summed E-state index contributed by atoms with van der Waals surface area (Å²) in [7, 11) is 8.16. The molecule has 0 saturated carbocycles. The summed E-state index contributed by atoms with van der Waals surface area (Å²) in [5.41, 5.74) is 6.42. The van der Waals surface area contributed by atoms with Gasteiger partial charge < -0.3 is 58.3 Å². The third kappa shape index (κ3) is 10.3. The van der Waals surface area contributed by atoms with E-state index in [-0.39, 0.29) is 48.6 Å². The van der Waals surface area contributed by atoms with Crippen LogP contribution in [0.2, 0.25) is 0 Å². The van der Waals surface area contributed by atoms with Gasteiger partial charge in [0.05, 0.1) is 59.8 Å². The second-order valence-electron chi connectivity index (χ2n) is 20.1. The van der Waals surface area contributed by atoms with Gasteiger partial charge in [0.25, 0.3) is 5.91 Å². The van der Waals surface area contributed by atoms with Crippen molar-refractivity contribution in [1.29, 1.82) is 5.26 Å². The number of carbonyl (C=O) groups excluding carboxylic acids is 3. The van der Waals surface area contributed by atoms with E-state index in [1.807, 2.05) is 93.7 Å². The maximum atomic E-state index is 14.6. The summed E-state index contributed by atoms with van der Waals surface area (Å²) in [4.78, 5) is 47.0. The topological polar surface area (TPSA) is 205 Å². The van der Waals surface area contributed by atoms with E-state index in [1.54, 1.807) is 26.4 Å². The zero-order valence-corrected chi connectivity index (χ0v) is 45.1. The van der Waals surface area contributed by atoms with E-state index in [9.17, 15) is 19.6 Å². The number of furan rings is 1. The molecule has 3 amide bonds. The molecule has 2 bridgehead atoms. The van der Waals surface area contributed by atoms with Crippen LogP contribution in [0.3, 0.4) is 0 Å². The Morgan fingerprint density at radius 2 is 1.23 bits per heavy atom. The van der Waals surface area contributed by atoms with Crippen molar-refractivity contribution in [3.05, 3.63) is 135 Å². The summed E-state index contributed by atoms with van der Waals surface area (Å²) < 4.78 is 55.5. The molecule has 408 valence electrons. The molecule has 10 rings (SSSR count). The zero-order chi connectivity index (χ0) is 54.6. The van der Waals surface area contributed by atoms with E-state index in [0.29, 0.717) is 101 Å². The number of carbonyl (C=O) groups is 3. The van der Waals surface area contributed by atoms with Crippen LogP contribution in [0, 0.1) is 25.2 Å². The third-order valence-electron chi connectivity index (χ3n) is 15.7. The predicted octanol–water partition coefficient (Wildman–Crippen LogP) is 8.51. The summed E-state index contributed by atoms with van der Waals surface area (Å²) in [6.07, 6.45) is 1.88. The molecular formula is C60H66N6O12. The van der Waals surface area contributed by atoms with Gasteiger partial charge in [-0.15, -0.1) is 0 Å². The van der Waals surface area contributed by atoms with Crippen molar-refractivity contribution in [2.45, 2.75) is 88.7 Å². The maximum absolute atomic E-state index is 14.6. The van der Waals surface area contributed by atoms with Crippen LogP contribution in [0.25, 0.3) is 11.0 Å². The number of nitrogens with one attached hydrogen (secondary N) is 3. The molecule has 5 heterocycles. The smallest absolute Gasteiger partial charge is 0.412 e. The summed E-state index contributed by atoms with van der Waals surface area (Å²) in [5, 5.41) is 21.3. The fourth-order valence-corrected chi connectivity index (χ4v) is 12.2. The molecule has 2 saturated heterocycles. The van der Waals surface area contributed by atoms with Gasteiger partial charge in [-0.25, -0.2) is 9.59 Å². The van der Waals surface area contributed by atoms with Gasteiger partial charge in [0.2, 0.25) is 0 Å². The first kappa shape index (κ1) is 53.4. The number of ether oxygens (including phenoxy) is 8. The zero-order valence-electron chi connectivity index (χ0n) is 45.1. The van der Waals surface area contributed by atoms with Gasteiger partial charge in [0.1, 0.15) is 35.0 Å². The first-order valence-electron chi connectivity index (χ1n) is 26.5. The van der Waals surface area contributed by atoms with E-state index in [0.717, 1.165) is 29.5 Å². The lowest BCUT2D eigenvalue weighted by Crippen LogP contribution is -2.69. The normalized spacial score (nSPS) is 19.7. The molecule has 4 aliphatic rings. The van der Waals surface area contributed by atoms with Crippen LogP contribution in [0.15, 0.2) is 89.3 Å². The highest BCUT2D eigenvalue weighted by Crippen LogP contribution is 2.59. The number of rotatable bonds is 17. The van der Waals surface area contributed by atoms with Gasteiger partial charge in [-0.2, -0.15) is 5.26 Å². The van der Waals surface area contributed by atoms with Gasteiger partial charge in [0, 0.05) is 83.3 Å². The van der Waals surface area contributed by atoms with Crippen LogP contribution in [-0.4, -0.2) is 120 Å². The van der Waals surface area contributed by atoms with E-state index in [1.165, 1.54) is 14.2 Å². The minimum Gasteiger partial charge on any atom is -0.496 e. The molecule has 5 atom stereocenters. The van der Waals surface area contributed by atoms with Crippen LogP contribution in [0.4, 0.5) is 9.59 Å². The van der Waals surface area contributed by atoms with Crippen molar-refractivity contribution >= 4 is 29.1 Å². The molecular weight excluding hydrogens is 997 g/mol. The summed E-state index contributed by atoms with van der Waals surface area (Å²) in [6, 6.07) is 26.1. The molecule has 78 heavy (non-hydrogen) atoms. The highest BCUT2D eigenvalue weighted by atomic mass is 16.6. The Morgan fingerprint density at radius 1 is 0.679 bits per heavy atom. The number of amides is 3. The van der Waals surface area contributed by atoms with Crippen LogP contribution >= 0.6 is 0 Å². The molecule has 0 radical (unpaired) electrons. The van der Waals surface area contributed by atoms with Gasteiger partial charge in [-0.1, -0.05) is 60.7 Å². The quantitative estimate of drug-likeness (QED) is 0.0784. The third-order valence-corrected chi connectivity index (χ3v) is 15.7. The van der Waals surface area contributed by atoms with Gasteiger partial charge in [0.15, 0.2) is 28.8 Å². The van der Waals surface area contributed by atoms with Crippen molar-refractivity contribution in [3.63, 3.8) is 0 Å². The number of nitrogens with zero attached hydrogens (tertiary/aromatic N) is 3. The predicted molar refractivity (Wildman–Crippen MR) is 289 cm³/mol. The number of fused-ring (bicyclic) bond motifs is 8. The molecule has 0 spiro atoms. The highest BCUT2D eigenvalue weighted by molar-refractivity contribution is 5.96. The van der Waals surface area contributed by atoms with Gasteiger partial charge >= 0.3 is 12.2 Å². The van der Waals surface area contributed by atoms with Crippen LogP contribution in [0.5, 0.6) is 40.2 Å². The molecule has 1 aromatic heterocycles. The molecule has 0 aliphatic carbocycles. The SMILES string of the molecule is COc1c(C)c(OC)c(OC(=O)NCCc2ccccc2)c2c1C[C@H]1[C@H](C#N)N3[C@@H](CNC(=O)c4cc5cc(OC6CCOCC6)ccc5o4)c4c(c(OC)c(C)c(OC)c4OC(=O)NCCc4ccccc4)C[C@H]3[C@@H]2N1C. The highest BCUT2D eigenvalue weighted by Gasteiger charge is 2.57. The second kappa shape index (κ2) is 23.3.